The largest absolute Gasteiger partial charge is 0.481 e. The lowest BCUT2D eigenvalue weighted by atomic mass is 9.33. The van der Waals surface area contributed by atoms with Crippen LogP contribution in [-0.2, 0) is 23.9 Å². The number of ether oxygens (including phenoxy) is 1. The first-order valence-corrected chi connectivity index (χ1v) is 14.8. The molecule has 4 saturated carbocycles. The molecule has 0 aromatic rings. The summed E-state index contributed by atoms with van der Waals surface area (Å²) in [6.07, 6.45) is 7.57. The Bertz CT molecular complexity index is 1170. The van der Waals surface area contributed by atoms with Crippen LogP contribution in [0.5, 0.6) is 0 Å². The van der Waals surface area contributed by atoms with Crippen molar-refractivity contribution in [3.63, 3.8) is 0 Å². The summed E-state index contributed by atoms with van der Waals surface area (Å²) in [4.78, 5) is 51.4. The smallest absolute Gasteiger partial charge is 0.313 e. The Morgan fingerprint density at radius 1 is 0.872 bits per heavy atom. The lowest BCUT2D eigenvalue weighted by molar-refractivity contribution is -0.220. The van der Waals surface area contributed by atoms with Crippen LogP contribution in [0.2, 0.25) is 0 Å². The number of allylic oxidation sites excluding steroid dienone is 2. The molecule has 0 unspecified atom stereocenters. The van der Waals surface area contributed by atoms with Gasteiger partial charge in [-0.25, -0.2) is 0 Å². The van der Waals surface area contributed by atoms with Crippen molar-refractivity contribution in [1.82, 2.24) is 0 Å². The molecule has 7 nitrogen and oxygen atoms in total. The van der Waals surface area contributed by atoms with Gasteiger partial charge in [-0.3, -0.25) is 19.2 Å². The highest BCUT2D eigenvalue weighted by Crippen LogP contribution is 2.75. The van der Waals surface area contributed by atoms with Crippen molar-refractivity contribution in [2.75, 3.05) is 0 Å². The molecule has 5 aliphatic rings. The van der Waals surface area contributed by atoms with E-state index in [0.29, 0.717) is 38.5 Å². The number of carboxylic acids is 2. The standard InChI is InChI=1S/C32H46O7/c1-18(33)39-23-9-10-29(4)22(32(23,7)26(37)38)8-11-31(6)24(29)21(34)16-19-20-17-28(3,25(35)36)13-12-27(20,2)14-15-30(19,31)5/h16,20,22-24H,8-15,17H2,1-7H3,(H,35,36)(H,37,38)/t20-,22+,23-,24+,27+,28-,29-,30+,31+,32-/m0/s1. The van der Waals surface area contributed by atoms with Crippen molar-refractivity contribution in [3.8, 4) is 0 Å². The predicted octanol–water partition coefficient (Wildman–Crippen LogP) is 6.05. The molecular weight excluding hydrogens is 496 g/mol. The first-order valence-electron chi connectivity index (χ1n) is 14.8. The molecule has 0 radical (unpaired) electrons. The topological polar surface area (TPSA) is 118 Å². The number of carbonyl (C=O) groups is 4. The molecule has 7 heteroatoms. The zero-order valence-electron chi connectivity index (χ0n) is 24.7. The van der Waals surface area contributed by atoms with Crippen LogP contribution >= 0.6 is 0 Å². The van der Waals surface area contributed by atoms with Gasteiger partial charge in [-0.05, 0) is 111 Å². The second-order valence-electron chi connectivity index (χ2n) is 15.3. The number of carboxylic acid groups (broad SMARTS) is 2. The highest BCUT2D eigenvalue weighted by Gasteiger charge is 2.72. The average Bonchev–Trinajstić information content (AvgIpc) is 2.83. The van der Waals surface area contributed by atoms with Crippen LogP contribution in [0.1, 0.15) is 106 Å². The van der Waals surface area contributed by atoms with Crippen LogP contribution < -0.4 is 0 Å². The summed E-state index contributed by atoms with van der Waals surface area (Å²) in [5.41, 5.74) is -2.15. The van der Waals surface area contributed by atoms with Crippen molar-refractivity contribution in [3.05, 3.63) is 11.6 Å². The number of ketones is 1. The van der Waals surface area contributed by atoms with Crippen molar-refractivity contribution in [2.45, 2.75) is 112 Å². The third-order valence-corrected chi connectivity index (χ3v) is 13.5. The maximum atomic E-state index is 14.4. The van der Waals surface area contributed by atoms with E-state index in [-0.39, 0.29) is 39.8 Å². The minimum atomic E-state index is -1.27. The van der Waals surface area contributed by atoms with Gasteiger partial charge in [0.25, 0.3) is 0 Å². The lowest BCUT2D eigenvalue weighted by Gasteiger charge is -2.70. The summed E-state index contributed by atoms with van der Waals surface area (Å²) in [5.74, 6) is -2.73. The zero-order valence-corrected chi connectivity index (χ0v) is 24.7. The maximum Gasteiger partial charge on any atom is 0.313 e. The monoisotopic (exact) mass is 542 g/mol. The van der Waals surface area contributed by atoms with Gasteiger partial charge in [-0.1, -0.05) is 33.3 Å². The Labute approximate surface area is 232 Å². The van der Waals surface area contributed by atoms with E-state index < -0.39 is 40.3 Å². The van der Waals surface area contributed by atoms with E-state index in [1.54, 1.807) is 6.92 Å². The van der Waals surface area contributed by atoms with Crippen LogP contribution in [0, 0.1) is 50.2 Å². The minimum absolute atomic E-state index is 0.0190. The van der Waals surface area contributed by atoms with Gasteiger partial charge in [0.05, 0.1) is 5.41 Å². The van der Waals surface area contributed by atoms with Gasteiger partial charge in [0.15, 0.2) is 5.78 Å². The van der Waals surface area contributed by atoms with Gasteiger partial charge >= 0.3 is 17.9 Å². The number of aliphatic carboxylic acids is 2. The molecule has 0 spiro atoms. The van der Waals surface area contributed by atoms with Crippen molar-refractivity contribution >= 4 is 23.7 Å². The third-order valence-electron chi connectivity index (χ3n) is 13.5. The second kappa shape index (κ2) is 8.42. The number of esters is 1. The molecule has 5 rings (SSSR count). The quantitative estimate of drug-likeness (QED) is 0.417. The number of hydrogen-bond donors (Lipinski definition) is 2. The van der Waals surface area contributed by atoms with E-state index in [0.717, 1.165) is 24.8 Å². The molecule has 0 aliphatic heterocycles. The average molecular weight is 543 g/mol. The summed E-state index contributed by atoms with van der Waals surface area (Å²) < 4.78 is 5.60. The van der Waals surface area contributed by atoms with Crippen molar-refractivity contribution in [1.29, 1.82) is 0 Å². The van der Waals surface area contributed by atoms with Crippen LogP contribution in [0.25, 0.3) is 0 Å². The summed E-state index contributed by atoms with van der Waals surface area (Å²) >= 11 is 0. The number of carbonyl (C=O) groups excluding carboxylic acids is 2. The molecule has 4 fully saturated rings. The Balaban J connectivity index is 1.61. The van der Waals surface area contributed by atoms with Gasteiger partial charge in [0.2, 0.25) is 0 Å². The fraction of sp³-hybridized carbons (Fsp3) is 0.812. The normalized spacial score (nSPS) is 50.8. The summed E-state index contributed by atoms with van der Waals surface area (Å²) in [5, 5.41) is 20.6. The highest BCUT2D eigenvalue weighted by molar-refractivity contribution is 5.96. The molecule has 10 atom stereocenters. The summed E-state index contributed by atoms with van der Waals surface area (Å²) in [7, 11) is 0. The van der Waals surface area contributed by atoms with Crippen LogP contribution in [0.15, 0.2) is 11.6 Å². The van der Waals surface area contributed by atoms with E-state index in [4.69, 9.17) is 4.74 Å². The van der Waals surface area contributed by atoms with Gasteiger partial charge in [-0.2, -0.15) is 0 Å². The summed E-state index contributed by atoms with van der Waals surface area (Å²) in [6.45, 7) is 13.8. The minimum Gasteiger partial charge on any atom is -0.481 e. The van der Waals surface area contributed by atoms with Crippen LogP contribution in [-0.4, -0.2) is 40.0 Å². The number of fused-ring (bicyclic) bond motifs is 7. The maximum absolute atomic E-state index is 14.4. The SMILES string of the molecule is CC(=O)O[C@H]1CC[C@@]2(C)[C@@H](CC[C@]3(C)[C@@H]2C(=O)C=C2[C@@H]4C[C@@](C)(C(=O)O)CC[C@]4(C)CC[C@]23C)[C@]1(C)C(=O)O. The van der Waals surface area contributed by atoms with Crippen LogP contribution in [0.4, 0.5) is 0 Å². The fourth-order valence-electron chi connectivity index (χ4n) is 10.7. The molecule has 2 N–H and O–H groups in total. The molecule has 0 aromatic carbocycles. The van der Waals surface area contributed by atoms with E-state index in [2.05, 4.69) is 27.7 Å². The van der Waals surface area contributed by atoms with Crippen molar-refractivity contribution in [2.24, 2.45) is 50.2 Å². The number of hydrogen-bond acceptors (Lipinski definition) is 5. The van der Waals surface area contributed by atoms with E-state index in [1.807, 2.05) is 13.0 Å². The van der Waals surface area contributed by atoms with Gasteiger partial charge in [0, 0.05) is 12.8 Å². The Morgan fingerprint density at radius 3 is 2.10 bits per heavy atom. The molecule has 0 amide bonds. The molecule has 0 bridgehead atoms. The molecule has 0 heterocycles. The van der Waals surface area contributed by atoms with Gasteiger partial charge < -0.3 is 14.9 Å². The second-order valence-corrected chi connectivity index (χ2v) is 15.3. The molecule has 0 aromatic heterocycles. The Morgan fingerprint density at radius 2 is 1.51 bits per heavy atom. The Hall–Kier alpha value is -2.18. The number of rotatable bonds is 3. The van der Waals surface area contributed by atoms with Crippen molar-refractivity contribution < 1.29 is 34.1 Å². The first kappa shape index (κ1) is 28.4. The van der Waals surface area contributed by atoms with Gasteiger partial charge in [0.1, 0.15) is 11.5 Å². The van der Waals surface area contributed by atoms with Gasteiger partial charge in [-0.15, -0.1) is 0 Å². The lowest BCUT2D eigenvalue weighted by Crippen LogP contribution is -2.68. The predicted molar refractivity (Wildman–Crippen MR) is 145 cm³/mol. The van der Waals surface area contributed by atoms with E-state index in [1.165, 1.54) is 6.92 Å². The van der Waals surface area contributed by atoms with Crippen LogP contribution in [0.3, 0.4) is 0 Å². The molecule has 39 heavy (non-hydrogen) atoms. The highest BCUT2D eigenvalue weighted by atomic mass is 16.5. The zero-order chi connectivity index (χ0) is 29.0. The third kappa shape index (κ3) is 3.52. The first-order chi connectivity index (χ1) is 17.9. The molecular formula is C32H46O7. The summed E-state index contributed by atoms with van der Waals surface area (Å²) in [6, 6.07) is 0. The molecule has 216 valence electrons. The van der Waals surface area contributed by atoms with E-state index in [9.17, 15) is 29.4 Å². The van der Waals surface area contributed by atoms with E-state index >= 15 is 0 Å². The Kier molecular flexibility index (Phi) is 6.12. The fourth-order valence-corrected chi connectivity index (χ4v) is 10.7. The molecule has 5 aliphatic carbocycles. The molecule has 0 saturated heterocycles.